The molecule has 3 rings (SSSR count). The molecule has 0 fully saturated rings. The minimum atomic E-state index is -0.884. The highest BCUT2D eigenvalue weighted by Crippen LogP contribution is 2.27. The van der Waals surface area contributed by atoms with Gasteiger partial charge in [-0.3, -0.25) is 4.79 Å². The van der Waals surface area contributed by atoms with Crippen LogP contribution >= 0.6 is 0 Å². The fraction of sp³-hybridized carbons (Fsp3) is 0.286. The Morgan fingerprint density at radius 2 is 2.00 bits per heavy atom. The first-order valence-electron chi connectivity index (χ1n) is 8.95. The third-order valence-electron chi connectivity index (χ3n) is 4.13. The Morgan fingerprint density at radius 1 is 1.22 bits per heavy atom. The molecule has 27 heavy (non-hydrogen) atoms. The molecular formula is C21H22N2O4. The van der Waals surface area contributed by atoms with E-state index in [1.165, 1.54) is 0 Å². The van der Waals surface area contributed by atoms with Gasteiger partial charge in [0.2, 0.25) is 0 Å². The summed E-state index contributed by atoms with van der Waals surface area (Å²) in [4.78, 5) is 29.4. The van der Waals surface area contributed by atoms with Crippen LogP contribution in [0.15, 0.2) is 46.9 Å². The van der Waals surface area contributed by atoms with Crippen LogP contribution in [0.3, 0.4) is 0 Å². The van der Waals surface area contributed by atoms with E-state index in [4.69, 9.17) is 9.15 Å². The summed E-state index contributed by atoms with van der Waals surface area (Å²) in [5.41, 5.74) is 1.54. The summed E-state index contributed by atoms with van der Waals surface area (Å²) >= 11 is 0. The zero-order valence-electron chi connectivity index (χ0n) is 15.6. The standard InChI is InChI=1S/C21H22N2O4/c1-4-11-22-20(24)14(3)27-21(25)16-12-18(19-10-9-13(2)26-19)23-17-8-6-5-7-15(16)17/h5-10,12,14H,4,11H2,1-3H3,(H,22,24). The van der Waals surface area contributed by atoms with E-state index in [1.807, 2.05) is 44.2 Å². The Balaban J connectivity index is 1.94. The number of hydrogen-bond acceptors (Lipinski definition) is 5. The molecule has 0 spiro atoms. The number of pyridine rings is 1. The summed E-state index contributed by atoms with van der Waals surface area (Å²) in [6, 6.07) is 12.6. The van der Waals surface area contributed by atoms with E-state index in [2.05, 4.69) is 10.3 Å². The number of hydrogen-bond donors (Lipinski definition) is 1. The maximum Gasteiger partial charge on any atom is 0.339 e. The minimum absolute atomic E-state index is 0.314. The summed E-state index contributed by atoms with van der Waals surface area (Å²) in [6.45, 7) is 5.90. The van der Waals surface area contributed by atoms with Crippen LogP contribution in [0.1, 0.15) is 36.4 Å². The van der Waals surface area contributed by atoms with Gasteiger partial charge in [-0.2, -0.15) is 0 Å². The Morgan fingerprint density at radius 3 is 2.70 bits per heavy atom. The minimum Gasteiger partial charge on any atom is -0.460 e. The third kappa shape index (κ3) is 4.16. The summed E-state index contributed by atoms with van der Waals surface area (Å²) in [6.07, 6.45) is -0.0712. The molecule has 0 saturated heterocycles. The number of para-hydroxylation sites is 1. The van der Waals surface area contributed by atoms with Crippen molar-refractivity contribution in [2.75, 3.05) is 6.54 Å². The van der Waals surface area contributed by atoms with Crippen LogP contribution < -0.4 is 5.32 Å². The number of fused-ring (bicyclic) bond motifs is 1. The number of ether oxygens (including phenoxy) is 1. The topological polar surface area (TPSA) is 81.4 Å². The summed E-state index contributed by atoms with van der Waals surface area (Å²) < 4.78 is 11.0. The normalized spacial score (nSPS) is 12.0. The van der Waals surface area contributed by atoms with Gasteiger partial charge in [-0.25, -0.2) is 9.78 Å². The van der Waals surface area contributed by atoms with Crippen molar-refractivity contribution in [3.8, 4) is 11.5 Å². The van der Waals surface area contributed by atoms with Gasteiger partial charge >= 0.3 is 5.97 Å². The summed E-state index contributed by atoms with van der Waals surface area (Å²) in [7, 11) is 0. The number of amides is 1. The van der Waals surface area contributed by atoms with E-state index in [1.54, 1.807) is 19.1 Å². The van der Waals surface area contributed by atoms with Crippen LogP contribution in [-0.2, 0) is 9.53 Å². The number of rotatable bonds is 6. The molecule has 1 amide bonds. The number of nitrogens with one attached hydrogen (secondary N) is 1. The zero-order valence-corrected chi connectivity index (χ0v) is 15.6. The van der Waals surface area contributed by atoms with Gasteiger partial charge in [0, 0.05) is 11.9 Å². The van der Waals surface area contributed by atoms with Gasteiger partial charge in [0.1, 0.15) is 11.5 Å². The van der Waals surface area contributed by atoms with E-state index in [9.17, 15) is 9.59 Å². The number of carbonyl (C=O) groups is 2. The predicted molar refractivity (Wildman–Crippen MR) is 102 cm³/mol. The Labute approximate surface area is 157 Å². The van der Waals surface area contributed by atoms with E-state index in [-0.39, 0.29) is 5.91 Å². The van der Waals surface area contributed by atoms with Crippen LogP contribution in [0.5, 0.6) is 0 Å². The fourth-order valence-corrected chi connectivity index (χ4v) is 2.71. The lowest BCUT2D eigenvalue weighted by Gasteiger charge is -2.14. The van der Waals surface area contributed by atoms with Crippen LogP contribution in [0.4, 0.5) is 0 Å². The molecule has 0 aliphatic heterocycles. The molecule has 0 radical (unpaired) electrons. The molecule has 0 aliphatic carbocycles. The van der Waals surface area contributed by atoms with Gasteiger partial charge in [0.25, 0.3) is 5.91 Å². The van der Waals surface area contributed by atoms with Gasteiger partial charge in [0.15, 0.2) is 11.9 Å². The maximum atomic E-state index is 12.8. The van der Waals surface area contributed by atoms with Crippen molar-refractivity contribution in [2.24, 2.45) is 0 Å². The van der Waals surface area contributed by atoms with Crippen LogP contribution in [-0.4, -0.2) is 29.5 Å². The molecule has 1 atom stereocenters. The van der Waals surface area contributed by atoms with Gasteiger partial charge in [-0.1, -0.05) is 25.1 Å². The average molecular weight is 366 g/mol. The Bertz CT molecular complexity index is 977. The summed E-state index contributed by atoms with van der Waals surface area (Å²) in [5.74, 6) is 0.439. The molecule has 0 saturated carbocycles. The first-order chi connectivity index (χ1) is 13.0. The zero-order chi connectivity index (χ0) is 19.4. The van der Waals surface area contributed by atoms with Crippen molar-refractivity contribution in [1.82, 2.24) is 10.3 Å². The average Bonchev–Trinajstić information content (AvgIpc) is 3.11. The molecule has 6 nitrogen and oxygen atoms in total. The van der Waals surface area contributed by atoms with E-state index < -0.39 is 12.1 Å². The van der Waals surface area contributed by atoms with E-state index >= 15 is 0 Å². The lowest BCUT2D eigenvalue weighted by molar-refractivity contribution is -0.129. The first-order valence-corrected chi connectivity index (χ1v) is 8.95. The SMILES string of the molecule is CCCNC(=O)C(C)OC(=O)c1cc(-c2ccc(C)o2)nc2ccccc12. The molecule has 6 heteroatoms. The van der Waals surface area contributed by atoms with Crippen molar-refractivity contribution in [3.05, 3.63) is 53.8 Å². The predicted octanol–water partition coefficient (Wildman–Crippen LogP) is 3.87. The molecule has 0 aliphatic rings. The molecule has 0 bridgehead atoms. The van der Waals surface area contributed by atoms with Crippen LogP contribution in [0, 0.1) is 6.92 Å². The highest BCUT2D eigenvalue weighted by atomic mass is 16.5. The number of carbonyl (C=O) groups excluding carboxylic acids is 2. The van der Waals surface area contributed by atoms with Crippen molar-refractivity contribution in [2.45, 2.75) is 33.3 Å². The largest absolute Gasteiger partial charge is 0.460 e. The van der Waals surface area contributed by atoms with Crippen molar-refractivity contribution >= 4 is 22.8 Å². The van der Waals surface area contributed by atoms with Crippen molar-refractivity contribution < 1.29 is 18.7 Å². The number of nitrogens with zero attached hydrogens (tertiary/aromatic N) is 1. The van der Waals surface area contributed by atoms with Crippen LogP contribution in [0.25, 0.3) is 22.4 Å². The van der Waals surface area contributed by atoms with Gasteiger partial charge in [0.05, 0.1) is 11.1 Å². The molecule has 2 heterocycles. The summed E-state index contributed by atoms with van der Waals surface area (Å²) in [5, 5.41) is 3.39. The quantitative estimate of drug-likeness (QED) is 0.670. The number of esters is 1. The maximum absolute atomic E-state index is 12.8. The number of furan rings is 1. The Hall–Kier alpha value is -3.15. The lowest BCUT2D eigenvalue weighted by atomic mass is 10.1. The van der Waals surface area contributed by atoms with Crippen molar-refractivity contribution in [1.29, 1.82) is 0 Å². The first kappa shape index (κ1) is 18.6. The third-order valence-corrected chi connectivity index (χ3v) is 4.13. The second-order valence-corrected chi connectivity index (χ2v) is 6.32. The van der Waals surface area contributed by atoms with E-state index in [0.717, 1.165) is 12.2 Å². The lowest BCUT2D eigenvalue weighted by Crippen LogP contribution is -2.36. The number of aryl methyl sites for hydroxylation is 1. The molecule has 1 aromatic carbocycles. The highest BCUT2D eigenvalue weighted by molar-refractivity contribution is 6.05. The molecule has 140 valence electrons. The van der Waals surface area contributed by atoms with Crippen molar-refractivity contribution in [3.63, 3.8) is 0 Å². The number of benzene rings is 1. The fourth-order valence-electron chi connectivity index (χ4n) is 2.71. The smallest absolute Gasteiger partial charge is 0.339 e. The number of aromatic nitrogens is 1. The second-order valence-electron chi connectivity index (χ2n) is 6.32. The van der Waals surface area contributed by atoms with E-state index in [0.29, 0.717) is 34.5 Å². The van der Waals surface area contributed by atoms with Gasteiger partial charge < -0.3 is 14.5 Å². The molecule has 1 unspecified atom stereocenters. The second kappa shape index (κ2) is 8.03. The highest BCUT2D eigenvalue weighted by Gasteiger charge is 2.21. The van der Waals surface area contributed by atoms with Gasteiger partial charge in [-0.15, -0.1) is 0 Å². The van der Waals surface area contributed by atoms with Gasteiger partial charge in [-0.05, 0) is 44.5 Å². The molecule has 3 aromatic rings. The molecule has 1 N–H and O–H groups in total. The molecular weight excluding hydrogens is 344 g/mol. The Kier molecular flexibility index (Phi) is 5.54. The van der Waals surface area contributed by atoms with Crippen LogP contribution in [0.2, 0.25) is 0 Å². The monoisotopic (exact) mass is 366 g/mol. The molecule has 2 aromatic heterocycles.